The van der Waals surface area contributed by atoms with Gasteiger partial charge >= 0.3 is 6.02 Å². The Hall–Kier alpha value is -4.72. The molecule has 10 heteroatoms. The fourth-order valence-corrected chi connectivity index (χ4v) is 6.11. The maximum Gasteiger partial charge on any atom is 0.304 e. The van der Waals surface area contributed by atoms with Gasteiger partial charge in [0.05, 0.1) is 48.3 Å². The van der Waals surface area contributed by atoms with Crippen LogP contribution in [0.4, 0.5) is 11.4 Å². The van der Waals surface area contributed by atoms with E-state index in [9.17, 15) is 10.1 Å². The van der Waals surface area contributed by atoms with E-state index in [-0.39, 0.29) is 24.0 Å². The fourth-order valence-electron chi connectivity index (χ4n) is 6.11. The second kappa shape index (κ2) is 10.0. The van der Waals surface area contributed by atoms with Gasteiger partial charge in [-0.2, -0.15) is 15.7 Å². The third kappa shape index (κ3) is 4.49. The summed E-state index contributed by atoms with van der Waals surface area (Å²) in [5, 5.41) is 12.6. The van der Waals surface area contributed by atoms with E-state index in [0.29, 0.717) is 30.2 Å². The molecule has 206 valence electrons. The number of fused-ring (bicyclic) bond motifs is 3. The number of hydrazine groups is 1. The van der Waals surface area contributed by atoms with Crippen LogP contribution in [0, 0.1) is 11.3 Å². The molecule has 1 amide bonds. The lowest BCUT2D eigenvalue weighted by molar-refractivity contribution is -0.117. The van der Waals surface area contributed by atoms with Crippen LogP contribution in [0.2, 0.25) is 0 Å². The van der Waals surface area contributed by atoms with Crippen LogP contribution in [0.15, 0.2) is 82.8 Å². The van der Waals surface area contributed by atoms with E-state index in [4.69, 9.17) is 14.5 Å². The van der Waals surface area contributed by atoms with E-state index in [2.05, 4.69) is 32.1 Å². The number of carbonyl (C=O) groups excluding carboxylic acids is 1. The zero-order chi connectivity index (χ0) is 28.0. The van der Waals surface area contributed by atoms with E-state index < -0.39 is 11.9 Å². The molecule has 4 heterocycles. The van der Waals surface area contributed by atoms with Gasteiger partial charge in [-0.3, -0.25) is 10.2 Å². The predicted octanol–water partition coefficient (Wildman–Crippen LogP) is 3.39. The normalized spacial score (nSPS) is 27.7. The lowest BCUT2D eigenvalue weighted by Gasteiger charge is -2.39. The van der Waals surface area contributed by atoms with Crippen molar-refractivity contribution < 1.29 is 14.3 Å². The third-order valence-electron chi connectivity index (χ3n) is 8.08. The molecule has 0 aliphatic carbocycles. The van der Waals surface area contributed by atoms with Crippen molar-refractivity contribution in [2.24, 2.45) is 9.98 Å². The number of nitrogens with one attached hydrogen (secondary N) is 3. The van der Waals surface area contributed by atoms with Crippen LogP contribution in [0.5, 0.6) is 0 Å². The van der Waals surface area contributed by atoms with E-state index >= 15 is 0 Å². The topological polar surface area (TPSA) is 123 Å². The Labute approximate surface area is 237 Å². The second-order valence-electron chi connectivity index (χ2n) is 10.7. The van der Waals surface area contributed by atoms with Gasteiger partial charge < -0.3 is 19.7 Å². The second-order valence-corrected chi connectivity index (χ2v) is 10.7. The SMILES string of the molecule is CC1(c2ccc(C#N)cc2N2C3CCC2COC3)NN/C(=N\[C@H]2N=C(c3ccccc3)c3ccccc3NC2=O)O1. The number of nitriles is 1. The highest BCUT2D eigenvalue weighted by Crippen LogP contribution is 2.41. The number of amides is 1. The van der Waals surface area contributed by atoms with Crippen LogP contribution in [0.1, 0.15) is 42.0 Å². The Morgan fingerprint density at radius 3 is 2.59 bits per heavy atom. The molecule has 41 heavy (non-hydrogen) atoms. The van der Waals surface area contributed by atoms with E-state index in [0.717, 1.165) is 35.2 Å². The van der Waals surface area contributed by atoms with Gasteiger partial charge in [0.15, 0.2) is 0 Å². The highest BCUT2D eigenvalue weighted by Gasteiger charge is 2.44. The first kappa shape index (κ1) is 25.3. The van der Waals surface area contributed by atoms with Gasteiger partial charge in [0.25, 0.3) is 5.91 Å². The van der Waals surface area contributed by atoms with E-state index in [1.54, 1.807) is 6.07 Å². The minimum Gasteiger partial charge on any atom is -0.437 e. The van der Waals surface area contributed by atoms with Crippen LogP contribution >= 0.6 is 0 Å². The molecule has 7 rings (SSSR count). The summed E-state index contributed by atoms with van der Waals surface area (Å²) < 4.78 is 12.2. The highest BCUT2D eigenvalue weighted by atomic mass is 16.6. The molecular weight excluding hydrogens is 518 g/mol. The zero-order valence-corrected chi connectivity index (χ0v) is 22.5. The number of morpholine rings is 1. The molecule has 3 saturated heterocycles. The van der Waals surface area contributed by atoms with E-state index in [1.165, 1.54) is 0 Å². The summed E-state index contributed by atoms with van der Waals surface area (Å²) in [5.41, 5.74) is 10.6. The van der Waals surface area contributed by atoms with Gasteiger partial charge in [0, 0.05) is 22.4 Å². The van der Waals surface area contributed by atoms with Crippen LogP contribution in [-0.2, 0) is 20.0 Å². The Bertz CT molecular complexity index is 1600. The number of hydrogen-bond acceptors (Lipinski definition) is 8. The Morgan fingerprint density at radius 2 is 1.80 bits per heavy atom. The van der Waals surface area contributed by atoms with Crippen LogP contribution < -0.4 is 21.1 Å². The first-order chi connectivity index (χ1) is 20.0. The number of aliphatic imine (C=N–C) groups is 2. The number of hydrogen-bond donors (Lipinski definition) is 3. The molecule has 3 aromatic carbocycles. The summed E-state index contributed by atoms with van der Waals surface area (Å²) in [6, 6.07) is 25.9. The molecule has 0 aromatic heterocycles. The Morgan fingerprint density at radius 1 is 1.05 bits per heavy atom. The van der Waals surface area contributed by atoms with Gasteiger partial charge in [-0.15, -0.1) is 0 Å². The minimum atomic E-state index is -1.08. The molecule has 4 aliphatic heterocycles. The molecule has 4 aliphatic rings. The summed E-state index contributed by atoms with van der Waals surface area (Å²) in [7, 11) is 0. The molecule has 4 atom stereocenters. The van der Waals surface area contributed by atoms with Crippen LogP contribution in [-0.4, -0.2) is 49.1 Å². The summed E-state index contributed by atoms with van der Waals surface area (Å²) in [6.07, 6.45) is 0.995. The zero-order valence-electron chi connectivity index (χ0n) is 22.5. The summed E-state index contributed by atoms with van der Waals surface area (Å²) in [5.74, 6) is -0.362. The monoisotopic (exact) mass is 547 g/mol. The van der Waals surface area contributed by atoms with Gasteiger partial charge in [0.2, 0.25) is 11.9 Å². The summed E-state index contributed by atoms with van der Waals surface area (Å²) in [6.45, 7) is 3.21. The fraction of sp³-hybridized carbons (Fsp3) is 0.290. The average molecular weight is 548 g/mol. The van der Waals surface area contributed by atoms with Crippen molar-refractivity contribution >= 4 is 29.0 Å². The van der Waals surface area contributed by atoms with Gasteiger partial charge in [-0.25, -0.2) is 4.99 Å². The third-order valence-corrected chi connectivity index (χ3v) is 8.08. The molecule has 10 nitrogen and oxygen atoms in total. The lowest BCUT2D eigenvalue weighted by atomic mass is 9.98. The number of benzodiazepines with no additional fused rings is 1. The maximum absolute atomic E-state index is 13.3. The molecule has 3 N–H and O–H groups in total. The van der Waals surface area contributed by atoms with E-state index in [1.807, 2.05) is 73.7 Å². The van der Waals surface area contributed by atoms with Gasteiger partial charge in [0.1, 0.15) is 0 Å². The molecule has 0 spiro atoms. The first-order valence-corrected chi connectivity index (χ1v) is 13.8. The number of anilines is 2. The number of benzene rings is 3. The molecule has 3 unspecified atom stereocenters. The highest BCUT2D eigenvalue weighted by molar-refractivity contribution is 6.19. The summed E-state index contributed by atoms with van der Waals surface area (Å²) in [4.78, 5) is 25.1. The smallest absolute Gasteiger partial charge is 0.304 e. The Kier molecular flexibility index (Phi) is 6.18. The average Bonchev–Trinajstić information content (AvgIpc) is 3.45. The van der Waals surface area contributed by atoms with Gasteiger partial charge in [-0.05, 0) is 38.0 Å². The number of amidine groups is 1. The van der Waals surface area contributed by atoms with Crippen molar-refractivity contribution in [2.75, 3.05) is 23.4 Å². The lowest BCUT2D eigenvalue weighted by Crippen LogP contribution is -2.48. The van der Waals surface area contributed by atoms with Crippen molar-refractivity contribution in [1.82, 2.24) is 10.9 Å². The largest absolute Gasteiger partial charge is 0.437 e. The summed E-state index contributed by atoms with van der Waals surface area (Å²) >= 11 is 0. The number of carbonyl (C=O) groups is 1. The predicted molar refractivity (Wildman–Crippen MR) is 154 cm³/mol. The minimum absolute atomic E-state index is 0.148. The molecular formula is C31H29N7O3. The number of nitrogens with zero attached hydrogens (tertiary/aromatic N) is 4. The van der Waals surface area contributed by atoms with Crippen LogP contribution in [0.25, 0.3) is 0 Å². The van der Waals surface area contributed by atoms with Gasteiger partial charge in [-0.1, -0.05) is 54.6 Å². The number of para-hydroxylation sites is 1. The molecule has 3 fully saturated rings. The molecule has 0 saturated carbocycles. The number of ether oxygens (including phenoxy) is 2. The van der Waals surface area contributed by atoms with Crippen molar-refractivity contribution in [1.29, 1.82) is 5.26 Å². The maximum atomic E-state index is 13.3. The van der Waals surface area contributed by atoms with Crippen molar-refractivity contribution in [3.05, 3.63) is 95.1 Å². The van der Waals surface area contributed by atoms with Crippen LogP contribution in [0.3, 0.4) is 0 Å². The molecule has 0 radical (unpaired) electrons. The Balaban J connectivity index is 1.23. The first-order valence-electron chi connectivity index (χ1n) is 13.8. The number of rotatable bonds is 4. The molecule has 3 aromatic rings. The molecule has 2 bridgehead atoms. The van der Waals surface area contributed by atoms with Crippen molar-refractivity contribution in [2.45, 2.75) is 43.7 Å². The van der Waals surface area contributed by atoms with Crippen molar-refractivity contribution in [3.8, 4) is 6.07 Å². The van der Waals surface area contributed by atoms with Crippen molar-refractivity contribution in [3.63, 3.8) is 0 Å². The standard InChI is InChI=1S/C31H29N7O3/c1-31(24-14-11-19(16-32)15-26(24)38-21-12-13-22(38)18-40-17-21)37-36-30(41-31)35-28-29(39)33-25-10-6-5-9-23(25)27(34-28)20-7-3-2-4-8-20/h2-11,14-15,21-22,28,37H,12-13,17-18H2,1H3,(H,33,39)(H,35,36)/t21?,22?,28-,31?/m1/s1. The quantitative estimate of drug-likeness (QED) is 0.458.